The van der Waals surface area contributed by atoms with Crippen LogP contribution in [0.1, 0.15) is 32.3 Å². The first-order valence-electron chi connectivity index (χ1n) is 6.90. The molecular formula is C15H22N4O. The van der Waals surface area contributed by atoms with Crippen LogP contribution in [0.3, 0.4) is 0 Å². The van der Waals surface area contributed by atoms with Crippen molar-refractivity contribution in [1.82, 2.24) is 9.88 Å². The first kappa shape index (κ1) is 16.1. The Balaban J connectivity index is 2.78. The molecule has 1 unspecified atom stereocenters. The highest BCUT2D eigenvalue weighted by Gasteiger charge is 2.24. The lowest BCUT2D eigenvalue weighted by Crippen LogP contribution is -2.47. The number of nitrogens with two attached hydrogens (primary N) is 1. The van der Waals surface area contributed by atoms with Crippen LogP contribution in [0.25, 0.3) is 0 Å². The van der Waals surface area contributed by atoms with Crippen molar-refractivity contribution in [2.75, 3.05) is 6.54 Å². The predicted molar refractivity (Wildman–Crippen MR) is 77.3 cm³/mol. The van der Waals surface area contributed by atoms with Gasteiger partial charge in [0.15, 0.2) is 0 Å². The molecule has 0 aliphatic rings. The van der Waals surface area contributed by atoms with E-state index in [2.05, 4.69) is 11.1 Å². The molecule has 0 radical (unpaired) electrons. The van der Waals surface area contributed by atoms with Crippen molar-refractivity contribution in [3.05, 3.63) is 30.1 Å². The Morgan fingerprint density at radius 2 is 2.35 bits per heavy atom. The molecule has 0 aromatic carbocycles. The van der Waals surface area contributed by atoms with Gasteiger partial charge in [0.1, 0.15) is 0 Å². The fraction of sp³-hybridized carbons (Fsp3) is 0.533. The van der Waals surface area contributed by atoms with Crippen molar-refractivity contribution in [2.45, 2.75) is 39.3 Å². The van der Waals surface area contributed by atoms with Crippen molar-refractivity contribution in [3.63, 3.8) is 0 Å². The Morgan fingerprint density at radius 1 is 1.60 bits per heavy atom. The Morgan fingerprint density at radius 3 is 2.90 bits per heavy atom. The van der Waals surface area contributed by atoms with Crippen molar-refractivity contribution < 1.29 is 4.79 Å². The van der Waals surface area contributed by atoms with Crippen LogP contribution in [0.5, 0.6) is 0 Å². The molecule has 5 heteroatoms. The largest absolute Gasteiger partial charge is 0.336 e. The summed E-state index contributed by atoms with van der Waals surface area (Å²) in [6, 6.07) is 5.29. The summed E-state index contributed by atoms with van der Waals surface area (Å²) < 4.78 is 0. The second-order valence-electron chi connectivity index (χ2n) is 4.94. The molecule has 108 valence electrons. The molecule has 0 spiro atoms. The number of pyridine rings is 1. The van der Waals surface area contributed by atoms with E-state index in [1.165, 1.54) is 0 Å². The third kappa shape index (κ3) is 4.63. The fourth-order valence-electron chi connectivity index (χ4n) is 1.87. The molecule has 2 N–H and O–H groups in total. The molecular weight excluding hydrogens is 252 g/mol. The van der Waals surface area contributed by atoms with Gasteiger partial charge < -0.3 is 10.6 Å². The number of carbonyl (C=O) groups is 1. The molecule has 1 rings (SSSR count). The topological polar surface area (TPSA) is 83.0 Å². The zero-order valence-electron chi connectivity index (χ0n) is 12.1. The maximum absolute atomic E-state index is 12.4. The second-order valence-corrected chi connectivity index (χ2v) is 4.94. The van der Waals surface area contributed by atoms with E-state index >= 15 is 0 Å². The van der Waals surface area contributed by atoms with E-state index in [4.69, 9.17) is 11.0 Å². The number of carbonyl (C=O) groups excluding carboxylic acids is 1. The van der Waals surface area contributed by atoms with E-state index in [-0.39, 0.29) is 11.8 Å². The van der Waals surface area contributed by atoms with Gasteiger partial charge in [-0.25, -0.2) is 0 Å². The summed E-state index contributed by atoms with van der Waals surface area (Å²) in [7, 11) is 0. The van der Waals surface area contributed by atoms with Crippen LogP contribution >= 0.6 is 0 Å². The maximum Gasteiger partial charge on any atom is 0.240 e. The van der Waals surface area contributed by atoms with Gasteiger partial charge in [-0.15, -0.1) is 0 Å². The number of hydrogen-bond donors (Lipinski definition) is 1. The molecule has 0 saturated heterocycles. The van der Waals surface area contributed by atoms with E-state index in [1.54, 1.807) is 17.3 Å². The number of rotatable bonds is 7. The number of amides is 1. The summed E-state index contributed by atoms with van der Waals surface area (Å²) >= 11 is 0. The van der Waals surface area contributed by atoms with Gasteiger partial charge in [-0.05, 0) is 17.5 Å². The Labute approximate surface area is 120 Å². The number of nitrogens with zero attached hydrogens (tertiary/aromatic N) is 3. The molecule has 0 fully saturated rings. The predicted octanol–water partition coefficient (Wildman–Crippen LogP) is 1.70. The third-order valence-electron chi connectivity index (χ3n) is 3.44. The minimum Gasteiger partial charge on any atom is -0.336 e. The molecule has 1 amide bonds. The highest BCUT2D eigenvalue weighted by Crippen LogP contribution is 2.11. The van der Waals surface area contributed by atoms with E-state index in [9.17, 15) is 4.79 Å². The summed E-state index contributed by atoms with van der Waals surface area (Å²) in [6.07, 6.45) is 4.57. The van der Waals surface area contributed by atoms with Crippen molar-refractivity contribution >= 4 is 5.91 Å². The highest BCUT2D eigenvalue weighted by molar-refractivity contribution is 5.82. The van der Waals surface area contributed by atoms with E-state index in [1.807, 2.05) is 26.0 Å². The zero-order valence-corrected chi connectivity index (χ0v) is 12.1. The van der Waals surface area contributed by atoms with Crippen LogP contribution in [0, 0.1) is 17.2 Å². The highest BCUT2D eigenvalue weighted by atomic mass is 16.2. The quantitative estimate of drug-likeness (QED) is 0.820. The standard InChI is InChI=1S/C15H22N4O/c1-3-12(2)14(17)15(20)19(9-5-7-16)11-13-6-4-8-18-10-13/h4,6,8,10,12,14H,3,5,9,11,17H2,1-2H3/t12?,14-/m0/s1. The first-order valence-corrected chi connectivity index (χ1v) is 6.90. The average Bonchev–Trinajstić information content (AvgIpc) is 2.50. The zero-order chi connectivity index (χ0) is 15.0. The summed E-state index contributed by atoms with van der Waals surface area (Å²) in [4.78, 5) is 18.1. The maximum atomic E-state index is 12.4. The molecule has 20 heavy (non-hydrogen) atoms. The minimum atomic E-state index is -0.518. The van der Waals surface area contributed by atoms with Crippen LogP contribution in [0.15, 0.2) is 24.5 Å². The Bertz CT molecular complexity index is 455. The van der Waals surface area contributed by atoms with E-state index in [0.29, 0.717) is 19.5 Å². The SMILES string of the molecule is CCC(C)[C@H](N)C(=O)N(CCC#N)Cc1cccnc1. The van der Waals surface area contributed by atoms with Crippen molar-refractivity contribution in [3.8, 4) is 6.07 Å². The fourth-order valence-corrected chi connectivity index (χ4v) is 1.87. The minimum absolute atomic E-state index is 0.0987. The lowest BCUT2D eigenvalue weighted by molar-refractivity contribution is -0.134. The molecule has 0 aliphatic heterocycles. The summed E-state index contributed by atoms with van der Waals surface area (Å²) in [5, 5.41) is 8.73. The smallest absolute Gasteiger partial charge is 0.240 e. The second kappa shape index (κ2) is 8.28. The van der Waals surface area contributed by atoms with Crippen molar-refractivity contribution in [1.29, 1.82) is 5.26 Å². The normalized spacial score (nSPS) is 13.3. The monoisotopic (exact) mass is 274 g/mol. The van der Waals surface area contributed by atoms with Crippen LogP contribution in [0.4, 0.5) is 0 Å². The molecule has 1 heterocycles. The lowest BCUT2D eigenvalue weighted by atomic mass is 9.98. The molecule has 0 bridgehead atoms. The lowest BCUT2D eigenvalue weighted by Gasteiger charge is -2.27. The Hall–Kier alpha value is -1.93. The average molecular weight is 274 g/mol. The van der Waals surface area contributed by atoms with Gasteiger partial charge in [0.2, 0.25) is 5.91 Å². The first-order chi connectivity index (χ1) is 9.60. The van der Waals surface area contributed by atoms with Gasteiger partial charge in [-0.2, -0.15) is 5.26 Å². The molecule has 0 aliphatic carbocycles. The van der Waals surface area contributed by atoms with E-state index < -0.39 is 6.04 Å². The Kier molecular flexibility index (Phi) is 6.68. The molecule has 1 aromatic rings. The van der Waals surface area contributed by atoms with Crippen LogP contribution in [-0.2, 0) is 11.3 Å². The van der Waals surface area contributed by atoms with E-state index in [0.717, 1.165) is 12.0 Å². The van der Waals surface area contributed by atoms with Crippen LogP contribution < -0.4 is 5.73 Å². The number of aromatic nitrogens is 1. The van der Waals surface area contributed by atoms with Crippen LogP contribution in [-0.4, -0.2) is 28.4 Å². The molecule has 5 nitrogen and oxygen atoms in total. The van der Waals surface area contributed by atoms with Gasteiger partial charge in [0.05, 0.1) is 18.5 Å². The molecule has 1 aromatic heterocycles. The van der Waals surface area contributed by atoms with Gasteiger partial charge in [-0.1, -0.05) is 26.3 Å². The van der Waals surface area contributed by atoms with Gasteiger partial charge in [-0.3, -0.25) is 9.78 Å². The number of nitriles is 1. The number of hydrogen-bond acceptors (Lipinski definition) is 4. The summed E-state index contributed by atoms with van der Waals surface area (Å²) in [6.45, 7) is 4.82. The summed E-state index contributed by atoms with van der Waals surface area (Å²) in [5.74, 6) is 0.0273. The van der Waals surface area contributed by atoms with Crippen molar-refractivity contribution in [2.24, 2.45) is 11.7 Å². The van der Waals surface area contributed by atoms with Gasteiger partial charge in [0, 0.05) is 25.5 Å². The molecule has 0 saturated carbocycles. The third-order valence-corrected chi connectivity index (χ3v) is 3.44. The van der Waals surface area contributed by atoms with Gasteiger partial charge >= 0.3 is 0 Å². The summed E-state index contributed by atoms with van der Waals surface area (Å²) in [5.41, 5.74) is 6.95. The molecule has 2 atom stereocenters. The van der Waals surface area contributed by atoms with Crippen LogP contribution in [0.2, 0.25) is 0 Å². The van der Waals surface area contributed by atoms with Gasteiger partial charge in [0.25, 0.3) is 0 Å².